The minimum atomic E-state index is -0.772. The summed E-state index contributed by atoms with van der Waals surface area (Å²) >= 11 is 0. The van der Waals surface area contributed by atoms with Crippen LogP contribution in [0.15, 0.2) is 4.99 Å². The number of aliphatic hydroxyl groups is 1. The van der Waals surface area contributed by atoms with Crippen molar-refractivity contribution in [3.63, 3.8) is 0 Å². The number of Topliss-reactive ketones (excluding diaryl/α,β-unsaturated/α-hetero) is 1. The minimum absolute atomic E-state index is 0.00832. The zero-order chi connectivity index (χ0) is 33.2. The molecule has 3 saturated carbocycles. The number of ketones is 1. The molecule has 0 aromatic carbocycles. The molecule has 45 heavy (non-hydrogen) atoms. The zero-order valence-electron chi connectivity index (χ0n) is 28.2. The largest absolute Gasteiger partial charge is 0.481 e. The normalized spacial score (nSPS) is 26.6. The van der Waals surface area contributed by atoms with E-state index in [-0.39, 0.29) is 66.2 Å². The van der Waals surface area contributed by atoms with Crippen molar-refractivity contribution in [2.75, 3.05) is 13.2 Å². The number of nitrogens with one attached hydrogen (secondary N) is 2. The van der Waals surface area contributed by atoms with Gasteiger partial charge in [0.05, 0.1) is 17.6 Å². The second kappa shape index (κ2) is 17.1. The Balaban J connectivity index is 1.61. The van der Waals surface area contributed by atoms with Crippen molar-refractivity contribution in [1.82, 2.24) is 10.7 Å². The van der Waals surface area contributed by atoms with Crippen molar-refractivity contribution in [3.8, 4) is 0 Å². The van der Waals surface area contributed by atoms with Crippen LogP contribution in [0.5, 0.6) is 0 Å². The molecule has 0 radical (unpaired) electrons. The van der Waals surface area contributed by atoms with E-state index in [1.807, 2.05) is 5.43 Å². The summed E-state index contributed by atoms with van der Waals surface area (Å²) in [6, 6.07) is 0. The first kappa shape index (κ1) is 37.2. The van der Waals surface area contributed by atoms with Crippen LogP contribution in [0, 0.1) is 39.2 Å². The predicted molar refractivity (Wildman–Crippen MR) is 174 cm³/mol. The highest BCUT2D eigenvalue weighted by Crippen LogP contribution is 2.65. The first-order valence-electron chi connectivity index (χ1n) is 17.2. The number of hydrogen-bond donors (Lipinski definition) is 4. The van der Waals surface area contributed by atoms with Crippen LogP contribution in [0.2, 0.25) is 0 Å². The van der Waals surface area contributed by atoms with Gasteiger partial charge in [-0.3, -0.25) is 9.59 Å². The average molecular weight is 636 g/mol. The summed E-state index contributed by atoms with van der Waals surface area (Å²) in [5, 5.41) is 22.0. The molecule has 1 heterocycles. The maximum Gasteiger partial charge on any atom is 0.481 e. The highest BCUT2D eigenvalue weighted by atomic mass is 16.7. The molecule has 1 aliphatic heterocycles. The molecule has 1 saturated heterocycles. The van der Waals surface area contributed by atoms with Gasteiger partial charge in [-0.2, -0.15) is 0 Å². The van der Waals surface area contributed by atoms with Crippen molar-refractivity contribution >= 4 is 24.8 Å². The first-order chi connectivity index (χ1) is 21.3. The van der Waals surface area contributed by atoms with Crippen LogP contribution < -0.4 is 16.5 Å². The van der Waals surface area contributed by atoms with Crippen LogP contribution in [0.1, 0.15) is 125 Å². The van der Waals surface area contributed by atoms with Crippen LogP contribution in [0.4, 0.5) is 0 Å². The Hall–Kier alpha value is -2.25. The molecule has 6 atom stereocenters. The molecule has 2 bridgehead atoms. The van der Waals surface area contributed by atoms with E-state index >= 15 is 0 Å². The number of aliphatic hydroxyl groups excluding tert-OH is 1. The summed E-state index contributed by atoms with van der Waals surface area (Å²) < 4.78 is 13.3. The fraction of sp³-hybridized carbons (Fsp3) is 0.906. The van der Waals surface area contributed by atoms with E-state index in [9.17, 15) is 19.7 Å². The lowest BCUT2D eigenvalue weighted by atomic mass is 9.43. The number of carbonyl (C=O) groups is 2. The molecule has 0 aromatic heterocycles. The molecular weight excluding hydrogens is 577 g/mol. The van der Waals surface area contributed by atoms with Gasteiger partial charge >= 0.3 is 7.12 Å². The zero-order valence-corrected chi connectivity index (χ0v) is 28.2. The standard InChI is InChI=1S/C32H58BN5O7/c1-22(2)18-28(33-44-27-21-24-20-26(31(24,3)4)32(27,5)45-33)36-29(41)23(14-13-16-35-30(34)37-38(42)43)19-25(40)15-11-9-7-6-8-10-12-17-39/h22-24,26-28,39H,6-21H2,1-5H3,(H,36,41)(H3,34,35,37)/t23-,24+,26+,27-,28+,32+/m1/s1. The number of hydrogen-bond acceptors (Lipinski definition) is 8. The highest BCUT2D eigenvalue weighted by Gasteiger charge is 2.68. The SMILES string of the molecule is CC(C)C[C@H](NC(=O)[C@H](CCCN=C(N)N[N+](=O)[O-])CC(=O)CCCCCCCCCO)B1O[C@@H]2C[C@@H]3C[C@@H](C3(C)C)[C@]2(C)O1. The minimum Gasteiger partial charge on any atom is -0.404 e. The van der Waals surface area contributed by atoms with Crippen LogP contribution in [-0.4, -0.2) is 65.7 Å². The van der Waals surface area contributed by atoms with Crippen molar-refractivity contribution in [2.45, 2.75) is 142 Å². The molecule has 1 amide bonds. The topological polar surface area (TPSA) is 178 Å². The van der Waals surface area contributed by atoms with Gasteiger partial charge in [0.15, 0.2) is 5.03 Å². The van der Waals surface area contributed by atoms with E-state index < -0.39 is 18.1 Å². The fourth-order valence-corrected chi connectivity index (χ4v) is 7.80. The quantitative estimate of drug-likeness (QED) is 0.0356. The monoisotopic (exact) mass is 635 g/mol. The lowest BCUT2D eigenvalue weighted by molar-refractivity contribution is -0.525. The maximum atomic E-state index is 13.8. The lowest BCUT2D eigenvalue weighted by Gasteiger charge is -2.64. The number of hydrazine groups is 1. The Morgan fingerprint density at radius 3 is 2.38 bits per heavy atom. The van der Waals surface area contributed by atoms with Gasteiger partial charge < -0.3 is 25.5 Å². The van der Waals surface area contributed by atoms with Gasteiger partial charge in [-0.05, 0) is 75.0 Å². The number of nitrogens with zero attached hydrogens (tertiary/aromatic N) is 2. The molecule has 4 fully saturated rings. The van der Waals surface area contributed by atoms with E-state index in [1.54, 1.807) is 0 Å². The number of aliphatic imine (C=N–C) groups is 1. The average Bonchev–Trinajstić information content (AvgIpc) is 3.32. The molecule has 12 nitrogen and oxygen atoms in total. The number of amides is 1. The second-order valence-electron chi connectivity index (χ2n) is 14.7. The van der Waals surface area contributed by atoms with E-state index in [2.05, 4.69) is 44.9 Å². The number of rotatable bonds is 21. The molecule has 5 N–H and O–H groups in total. The summed E-state index contributed by atoms with van der Waals surface area (Å²) in [5.74, 6) is -0.0101. The number of nitrogens with two attached hydrogens (primary N) is 1. The van der Waals surface area contributed by atoms with Gasteiger partial charge in [-0.25, -0.2) is 15.1 Å². The molecular formula is C32H58BN5O7. The van der Waals surface area contributed by atoms with Crippen LogP contribution in [-0.2, 0) is 18.9 Å². The Kier molecular flexibility index (Phi) is 14.1. The molecule has 0 unspecified atom stereocenters. The number of carbonyl (C=O) groups excluding carboxylic acids is 2. The van der Waals surface area contributed by atoms with Crippen molar-refractivity contribution in [1.29, 1.82) is 0 Å². The van der Waals surface area contributed by atoms with Gasteiger partial charge in [-0.15, -0.1) is 0 Å². The summed E-state index contributed by atoms with van der Waals surface area (Å²) in [4.78, 5) is 41.4. The Morgan fingerprint density at radius 1 is 1.09 bits per heavy atom. The Morgan fingerprint density at radius 2 is 1.76 bits per heavy atom. The Bertz CT molecular complexity index is 1030. The van der Waals surface area contributed by atoms with E-state index in [4.69, 9.17) is 20.1 Å². The smallest absolute Gasteiger partial charge is 0.404 e. The van der Waals surface area contributed by atoms with E-state index in [0.717, 1.165) is 57.8 Å². The van der Waals surface area contributed by atoms with Crippen molar-refractivity contribution in [2.24, 2.45) is 39.8 Å². The van der Waals surface area contributed by atoms with Crippen LogP contribution in [0.3, 0.4) is 0 Å². The predicted octanol–water partition coefficient (Wildman–Crippen LogP) is 4.35. The lowest BCUT2D eigenvalue weighted by Crippen LogP contribution is -2.65. The van der Waals surface area contributed by atoms with Gasteiger partial charge in [0.25, 0.3) is 5.96 Å². The molecule has 13 heteroatoms. The van der Waals surface area contributed by atoms with Crippen LogP contribution in [0.25, 0.3) is 0 Å². The summed E-state index contributed by atoms with van der Waals surface area (Å²) in [5.41, 5.74) is 7.20. The molecule has 0 spiro atoms. The molecule has 256 valence electrons. The van der Waals surface area contributed by atoms with Gasteiger partial charge in [0.2, 0.25) is 5.91 Å². The van der Waals surface area contributed by atoms with E-state index in [0.29, 0.717) is 37.5 Å². The number of nitro groups is 1. The Labute approximate surface area is 269 Å². The maximum absolute atomic E-state index is 13.8. The molecule has 4 rings (SSSR count). The van der Waals surface area contributed by atoms with Crippen molar-refractivity contribution < 1.29 is 29.0 Å². The van der Waals surface area contributed by atoms with Gasteiger partial charge in [0, 0.05) is 31.9 Å². The summed E-state index contributed by atoms with van der Waals surface area (Å²) in [6.07, 6.45) is 11.1. The fourth-order valence-electron chi connectivity index (χ4n) is 7.80. The second-order valence-corrected chi connectivity index (χ2v) is 14.7. The molecule has 0 aromatic rings. The number of unbranched alkanes of at least 4 members (excludes halogenated alkanes) is 6. The highest BCUT2D eigenvalue weighted by molar-refractivity contribution is 6.47. The van der Waals surface area contributed by atoms with Gasteiger partial charge in [0.1, 0.15) is 5.78 Å². The summed E-state index contributed by atoms with van der Waals surface area (Å²) in [6.45, 7) is 11.5. The summed E-state index contributed by atoms with van der Waals surface area (Å²) in [7, 11) is -0.548. The number of guanidine groups is 1. The first-order valence-corrected chi connectivity index (χ1v) is 17.2. The van der Waals surface area contributed by atoms with E-state index in [1.165, 1.54) is 0 Å². The van der Waals surface area contributed by atoms with Gasteiger partial charge in [-0.1, -0.05) is 65.2 Å². The third-order valence-electron chi connectivity index (χ3n) is 10.5. The third kappa shape index (κ3) is 10.4. The molecule has 4 aliphatic rings. The third-order valence-corrected chi connectivity index (χ3v) is 10.5. The van der Waals surface area contributed by atoms with Crippen LogP contribution >= 0.6 is 0 Å². The molecule has 3 aliphatic carbocycles. The van der Waals surface area contributed by atoms with Crippen molar-refractivity contribution in [3.05, 3.63) is 10.1 Å².